The molecule has 3 rings (SSSR count). The molecule has 0 saturated heterocycles. The lowest BCUT2D eigenvalue weighted by atomic mass is 9.99. The van der Waals surface area contributed by atoms with E-state index in [1.54, 1.807) is 44.4 Å². The van der Waals surface area contributed by atoms with Gasteiger partial charge in [-0.05, 0) is 59.1 Å². The van der Waals surface area contributed by atoms with E-state index in [0.717, 1.165) is 31.4 Å². The van der Waals surface area contributed by atoms with E-state index >= 15 is 0 Å². The van der Waals surface area contributed by atoms with Crippen molar-refractivity contribution >= 4 is 32.5 Å². The van der Waals surface area contributed by atoms with Crippen molar-refractivity contribution in [3.63, 3.8) is 0 Å². The van der Waals surface area contributed by atoms with Gasteiger partial charge in [0.15, 0.2) is 5.78 Å². The molecule has 32 heavy (non-hydrogen) atoms. The van der Waals surface area contributed by atoms with Crippen molar-refractivity contribution in [3.8, 4) is 0 Å². The van der Waals surface area contributed by atoms with Gasteiger partial charge in [-0.1, -0.05) is 29.8 Å². The van der Waals surface area contributed by atoms with Crippen LogP contribution in [0.5, 0.6) is 0 Å². The summed E-state index contributed by atoms with van der Waals surface area (Å²) in [5, 5.41) is 0.590. The average molecular weight is 461 g/mol. The number of methoxy groups -OCH3 is 1. The van der Waals surface area contributed by atoms with Gasteiger partial charge in [0.05, 0.1) is 11.8 Å². The van der Waals surface area contributed by atoms with Crippen LogP contribution in [0.2, 0.25) is 0 Å². The summed E-state index contributed by atoms with van der Waals surface area (Å²) in [6.07, 6.45) is 2.21. The van der Waals surface area contributed by atoms with Gasteiger partial charge in [0.2, 0.25) is 10.0 Å². The number of hydrogen-bond donors (Lipinski definition) is 1. The van der Waals surface area contributed by atoms with Crippen molar-refractivity contribution in [1.29, 1.82) is 0 Å². The Bertz CT molecular complexity index is 1150. The van der Waals surface area contributed by atoms with Crippen LogP contribution in [0.1, 0.15) is 33.7 Å². The molecule has 0 unspecified atom stereocenters. The number of hydrogen-bond acceptors (Lipinski definition) is 6. The van der Waals surface area contributed by atoms with Gasteiger partial charge >= 0.3 is 0 Å². The molecule has 0 radical (unpaired) electrons. The zero-order valence-corrected chi connectivity index (χ0v) is 20.4. The van der Waals surface area contributed by atoms with Crippen LogP contribution in [-0.2, 0) is 14.8 Å². The number of carbonyl (C=O) groups is 1. The molecular weight excluding hydrogens is 428 g/mol. The first-order chi connectivity index (χ1) is 15.0. The molecule has 1 heterocycles. The minimum absolute atomic E-state index is 0.150. The van der Waals surface area contributed by atoms with Gasteiger partial charge in [0.25, 0.3) is 0 Å². The summed E-state index contributed by atoms with van der Waals surface area (Å²) >= 11 is 0. The van der Waals surface area contributed by atoms with Gasteiger partial charge in [-0.2, -0.15) is 0 Å². The molecule has 174 valence electrons. The molecule has 0 spiro atoms. The average Bonchev–Trinajstić information content (AvgIpc) is 3.02. The zero-order valence-electron chi connectivity index (χ0n) is 19.6. The van der Waals surface area contributed by atoms with Crippen molar-refractivity contribution < 1.29 is 22.4 Å². The number of nitrogens with zero attached hydrogens (tertiary/aromatic N) is 1. The Labute approximate surface area is 190 Å². The predicted octanol–water partition coefficient (Wildman–Crippen LogP) is 4.24. The highest BCUT2D eigenvalue weighted by Crippen LogP contribution is 2.30. The quantitative estimate of drug-likeness (QED) is 0.400. The lowest BCUT2D eigenvalue weighted by Crippen LogP contribution is -2.14. The van der Waals surface area contributed by atoms with E-state index < -0.39 is 10.0 Å². The number of ether oxygens (including phenoxy) is 1. The summed E-state index contributed by atoms with van der Waals surface area (Å²) in [5.41, 5.74) is 3.02. The zero-order chi connectivity index (χ0) is 23.9. The van der Waals surface area contributed by atoms with Crippen molar-refractivity contribution in [2.75, 3.05) is 45.3 Å². The van der Waals surface area contributed by atoms with Crippen LogP contribution in [0, 0.1) is 13.8 Å². The molecule has 7 nitrogen and oxygen atoms in total. The lowest BCUT2D eigenvalue weighted by molar-refractivity contribution is 0.103. The number of rotatable bonds is 8. The molecule has 1 aromatic heterocycles. The second kappa shape index (κ2) is 11.3. The van der Waals surface area contributed by atoms with Gasteiger partial charge < -0.3 is 14.1 Å². The second-order valence-electron chi connectivity index (χ2n) is 7.96. The molecular formula is C24H32N2O5S. The molecule has 1 N–H and O–H groups in total. The third kappa shape index (κ3) is 7.47. The normalized spacial score (nSPS) is 11.3. The van der Waals surface area contributed by atoms with Crippen molar-refractivity contribution in [1.82, 2.24) is 4.90 Å². The van der Waals surface area contributed by atoms with E-state index in [1.165, 1.54) is 0 Å². The topological polar surface area (TPSA) is 88.8 Å². The summed E-state index contributed by atoms with van der Waals surface area (Å²) in [6.45, 7) is 5.67. The first kappa shape index (κ1) is 25.6. The van der Waals surface area contributed by atoms with Crippen LogP contribution in [0.15, 0.2) is 46.9 Å². The summed E-state index contributed by atoms with van der Waals surface area (Å²) in [5.74, 6) is 0.356. The molecule has 0 amide bonds. The predicted molar refractivity (Wildman–Crippen MR) is 129 cm³/mol. The van der Waals surface area contributed by atoms with Crippen LogP contribution in [-0.4, -0.2) is 59.7 Å². The molecule has 0 bridgehead atoms. The van der Waals surface area contributed by atoms with E-state index in [4.69, 9.17) is 9.15 Å². The second-order valence-corrected chi connectivity index (χ2v) is 9.71. The van der Waals surface area contributed by atoms with Crippen molar-refractivity contribution in [2.45, 2.75) is 20.3 Å². The lowest BCUT2D eigenvalue weighted by Gasteiger charge is -2.07. The van der Waals surface area contributed by atoms with Gasteiger partial charge in [-0.15, -0.1) is 0 Å². The van der Waals surface area contributed by atoms with Crippen LogP contribution in [0.4, 0.5) is 5.69 Å². The number of fused-ring (bicyclic) bond motifs is 1. The van der Waals surface area contributed by atoms with E-state index in [-0.39, 0.29) is 5.78 Å². The monoisotopic (exact) mass is 460 g/mol. The number of furan rings is 1. The number of carbonyl (C=O) groups excluding carboxylic acids is 1. The highest BCUT2D eigenvalue weighted by atomic mass is 32.2. The van der Waals surface area contributed by atoms with Crippen LogP contribution < -0.4 is 4.72 Å². The van der Waals surface area contributed by atoms with E-state index in [0.29, 0.717) is 33.5 Å². The summed E-state index contributed by atoms with van der Waals surface area (Å²) < 4.78 is 35.8. The third-order valence-corrected chi connectivity index (χ3v) is 5.27. The Hall–Kier alpha value is -2.68. The Morgan fingerprint density at radius 1 is 1.09 bits per heavy atom. The van der Waals surface area contributed by atoms with Gasteiger partial charge in [0.1, 0.15) is 11.3 Å². The third-order valence-electron chi connectivity index (χ3n) is 4.66. The number of aryl methyl sites for hydroxylation is 2. The Kier molecular flexibility index (Phi) is 9.00. The van der Waals surface area contributed by atoms with Gasteiger partial charge in [0, 0.05) is 30.4 Å². The van der Waals surface area contributed by atoms with Crippen molar-refractivity contribution in [3.05, 3.63) is 64.9 Å². The summed E-state index contributed by atoms with van der Waals surface area (Å²) in [7, 11) is 2.47. The summed E-state index contributed by atoms with van der Waals surface area (Å²) in [6, 6.07) is 12.2. The van der Waals surface area contributed by atoms with E-state index in [2.05, 4.69) is 23.7 Å². The largest absolute Gasteiger partial charge is 0.461 e. The smallest absolute Gasteiger partial charge is 0.229 e. The van der Waals surface area contributed by atoms with Gasteiger partial charge in [-0.3, -0.25) is 9.52 Å². The molecule has 0 aliphatic rings. The minimum atomic E-state index is -3.39. The van der Waals surface area contributed by atoms with Gasteiger partial charge in [-0.25, -0.2) is 8.42 Å². The number of anilines is 1. The summed E-state index contributed by atoms with van der Waals surface area (Å²) in [4.78, 5) is 15.0. The highest BCUT2D eigenvalue weighted by molar-refractivity contribution is 7.92. The Morgan fingerprint density at radius 2 is 1.75 bits per heavy atom. The Balaban J connectivity index is 0.000000390. The molecule has 0 saturated carbocycles. The SMILES string of the molecule is COCCCN(C)C.Cc1ccc(C(=O)c2c(C)oc3ccc(NS(C)(=O)=O)cc23)cc1. The Morgan fingerprint density at radius 3 is 2.31 bits per heavy atom. The highest BCUT2D eigenvalue weighted by Gasteiger charge is 2.20. The number of sulfonamides is 1. The first-order valence-corrected chi connectivity index (χ1v) is 12.2. The molecule has 0 aliphatic heterocycles. The fraction of sp³-hybridized carbons (Fsp3) is 0.375. The molecule has 2 aromatic carbocycles. The molecule has 0 aliphatic carbocycles. The van der Waals surface area contributed by atoms with Crippen LogP contribution in [0.3, 0.4) is 0 Å². The molecule has 0 fully saturated rings. The molecule has 0 atom stereocenters. The maximum atomic E-state index is 12.9. The number of ketones is 1. The number of benzene rings is 2. The van der Waals surface area contributed by atoms with Crippen molar-refractivity contribution in [2.24, 2.45) is 0 Å². The molecule has 8 heteroatoms. The van der Waals surface area contributed by atoms with E-state index in [9.17, 15) is 13.2 Å². The standard InChI is InChI=1S/C18H17NO4S.C6H15NO/c1-11-4-6-13(7-5-11)18(20)17-12(2)23-16-9-8-14(10-15(16)17)19-24(3,21)22;1-7(2)5-4-6-8-3/h4-10,19H,1-3H3;4-6H2,1-3H3. The van der Waals surface area contributed by atoms with E-state index in [1.807, 2.05) is 19.1 Å². The maximum Gasteiger partial charge on any atom is 0.229 e. The fourth-order valence-electron chi connectivity index (χ4n) is 3.15. The van der Waals surface area contributed by atoms with Crippen LogP contribution >= 0.6 is 0 Å². The fourth-order valence-corrected chi connectivity index (χ4v) is 3.71. The molecule has 3 aromatic rings. The maximum absolute atomic E-state index is 12.9. The van der Waals surface area contributed by atoms with Crippen LogP contribution in [0.25, 0.3) is 11.0 Å². The number of nitrogens with one attached hydrogen (secondary N) is 1. The minimum Gasteiger partial charge on any atom is -0.461 e. The first-order valence-electron chi connectivity index (χ1n) is 10.3.